The molecule has 30 heteroatoms. The maximum absolute atomic E-state index is 14.4. The van der Waals surface area contributed by atoms with Crippen LogP contribution < -0.4 is 37.7 Å². The van der Waals surface area contributed by atoms with Gasteiger partial charge in [0.15, 0.2) is 6.29 Å². The summed E-state index contributed by atoms with van der Waals surface area (Å²) in [5.41, 5.74) is 9.11. The molecule has 1 atom stereocenters. The van der Waals surface area contributed by atoms with Crippen LogP contribution in [0.1, 0.15) is 57.8 Å². The highest BCUT2D eigenvalue weighted by molar-refractivity contribution is 6.21. The highest BCUT2D eigenvalue weighted by Crippen LogP contribution is 2.31. The van der Waals surface area contributed by atoms with Gasteiger partial charge in [-0.05, 0) is 75.1 Å². The summed E-state index contributed by atoms with van der Waals surface area (Å²) in [6.45, 7) is 2.45. The fraction of sp³-hybridized carbons (Fsp3) is 0.500. The number of aromatic amines is 2. The number of carboxylic acids is 6. The molecule has 446 valence electrons. The van der Waals surface area contributed by atoms with E-state index in [1.54, 1.807) is 63.2 Å². The highest BCUT2D eigenvalue weighted by Gasteiger charge is 2.59. The topological polar surface area (TPSA) is 424 Å². The number of carbonyl (C=O) groups excluding carboxylic acids is 4. The van der Waals surface area contributed by atoms with Crippen molar-refractivity contribution in [2.45, 2.75) is 49.9 Å². The van der Waals surface area contributed by atoms with Gasteiger partial charge in [0.2, 0.25) is 6.04 Å². The van der Waals surface area contributed by atoms with Crippen molar-refractivity contribution in [3.63, 3.8) is 0 Å². The van der Waals surface area contributed by atoms with Crippen LogP contribution in [0.15, 0.2) is 48.5 Å². The third-order valence-electron chi connectivity index (χ3n) is 14.3. The van der Waals surface area contributed by atoms with Crippen LogP contribution >= 0.6 is 0 Å². The van der Waals surface area contributed by atoms with Gasteiger partial charge in [-0.1, -0.05) is 36.4 Å². The van der Waals surface area contributed by atoms with Crippen molar-refractivity contribution < 1.29 is 78.6 Å². The summed E-state index contributed by atoms with van der Waals surface area (Å²) < 4.78 is 0. The zero-order valence-electron chi connectivity index (χ0n) is 45.1. The number of aldehydes is 1. The van der Waals surface area contributed by atoms with Gasteiger partial charge in [0.1, 0.15) is 17.6 Å². The van der Waals surface area contributed by atoms with E-state index in [1.807, 2.05) is 0 Å². The first-order chi connectivity index (χ1) is 39.4. The highest BCUT2D eigenvalue weighted by atomic mass is 16.4. The maximum Gasteiger partial charge on any atom is 0.347 e. The van der Waals surface area contributed by atoms with Crippen LogP contribution in [0.5, 0.6) is 0 Å². The fourth-order valence-electron chi connectivity index (χ4n) is 10.3. The number of amides is 3. The SMILES string of the molecule is O=CC(NNC(=O)c1[nH]c2ccccc2c1Cc1c(C(=O)NNC(=O)CN2CCCN(C(C(=O)O)(C(=O)O)C(=O)O)CCNCCCNCC2)[nH]c2ccccc12)N1CCCN(CC(=O)O)CCNCCCN(C(C(=O)O)C(=O)O)CC1. The van der Waals surface area contributed by atoms with Gasteiger partial charge in [0.05, 0.1) is 13.1 Å². The minimum absolute atomic E-state index is 0.0371. The number of para-hydroxylation sites is 2. The number of rotatable bonds is 19. The Labute approximate surface area is 469 Å². The zero-order valence-corrected chi connectivity index (χ0v) is 45.1. The van der Waals surface area contributed by atoms with Crippen LogP contribution in [-0.2, 0) is 44.8 Å². The molecule has 2 aliphatic heterocycles. The second-order valence-corrected chi connectivity index (χ2v) is 19.8. The van der Waals surface area contributed by atoms with Crippen LogP contribution in [0.2, 0.25) is 0 Å². The Kier molecular flexibility index (Phi) is 23.7. The van der Waals surface area contributed by atoms with Crippen LogP contribution in [0.25, 0.3) is 21.8 Å². The quantitative estimate of drug-likeness (QED) is 0.0257. The number of aliphatic carboxylic acids is 6. The summed E-state index contributed by atoms with van der Waals surface area (Å²) in [7, 11) is 0. The lowest BCUT2D eigenvalue weighted by Gasteiger charge is -2.34. The Morgan fingerprint density at radius 3 is 1.55 bits per heavy atom. The lowest BCUT2D eigenvalue weighted by atomic mass is 9.96. The average Bonchev–Trinajstić information content (AvgIpc) is 3.12. The molecule has 1 unspecified atom stereocenters. The molecule has 30 nitrogen and oxygen atoms in total. The number of aromatic nitrogens is 2. The Bertz CT molecular complexity index is 2870. The van der Waals surface area contributed by atoms with Gasteiger partial charge in [-0.25, -0.2) is 29.4 Å². The zero-order chi connectivity index (χ0) is 59.3. The molecule has 2 aromatic heterocycles. The van der Waals surface area contributed by atoms with E-state index in [2.05, 4.69) is 47.6 Å². The molecule has 2 saturated heterocycles. The average molecular weight is 1150 g/mol. The number of hydrazine groups is 2. The number of nitrogens with one attached hydrogen (secondary N) is 9. The number of hydrogen-bond donors (Lipinski definition) is 15. The molecule has 3 amide bonds. The minimum atomic E-state index is -3.26. The predicted octanol–water partition coefficient (Wildman–Crippen LogP) is -2.76. The first-order valence-corrected chi connectivity index (χ1v) is 26.8. The lowest BCUT2D eigenvalue weighted by molar-refractivity contribution is -0.179. The van der Waals surface area contributed by atoms with Gasteiger partial charge in [0.25, 0.3) is 17.7 Å². The molecule has 2 aliphatic rings. The van der Waals surface area contributed by atoms with Crippen molar-refractivity contribution in [3.8, 4) is 0 Å². The van der Waals surface area contributed by atoms with Crippen molar-refractivity contribution in [3.05, 3.63) is 71.0 Å². The smallest absolute Gasteiger partial charge is 0.347 e. The van der Waals surface area contributed by atoms with E-state index in [0.29, 0.717) is 111 Å². The maximum atomic E-state index is 14.4. The van der Waals surface area contributed by atoms with Gasteiger partial charge < -0.3 is 61.4 Å². The summed E-state index contributed by atoms with van der Waals surface area (Å²) in [6.07, 6.45) is 0.604. The number of carbonyl (C=O) groups is 10. The standard InChI is InChI=1S/C52H72N14O16/c67-32-39(64-22-7-19-63(31-41(69)70)25-17-55-15-6-21-65(28-27-64)44(47(73)74)48(75)76)58-60-45(71)42-35(33-9-1-3-11-37(33)56-42)29-36-34-10-2-4-12-38(34)57-43(36)46(72)61-59-40(68)30-62-20-8-23-66(26-18-54-14-5-13-53-16-24-62)52(49(77)78,50(79)80)51(81)82/h1-4,9-12,32,39,44,53-58H,5-8,13-31H2,(H,59,68)(H,60,71)(H,61,72)(H,69,70)(H,73,74)(H,75,76)(H,77,78)(H,79,80)(H,81,82). The fourth-order valence-corrected chi connectivity index (χ4v) is 10.3. The lowest BCUT2D eigenvalue weighted by Crippen LogP contribution is -2.66. The van der Waals surface area contributed by atoms with Crippen LogP contribution in [-0.4, -0.2) is 260 Å². The third-order valence-corrected chi connectivity index (χ3v) is 14.3. The Hall–Kier alpha value is -7.94. The van der Waals surface area contributed by atoms with E-state index < -0.39 is 71.3 Å². The largest absolute Gasteiger partial charge is 0.480 e. The summed E-state index contributed by atoms with van der Waals surface area (Å²) in [5, 5.41) is 69.9. The normalized spacial score (nSPS) is 17.7. The van der Waals surface area contributed by atoms with E-state index in [-0.39, 0.29) is 89.7 Å². The molecule has 0 bridgehead atoms. The summed E-state index contributed by atoms with van der Waals surface area (Å²) in [4.78, 5) is 141. The van der Waals surface area contributed by atoms with Crippen LogP contribution in [0.3, 0.4) is 0 Å². The molecule has 15 N–H and O–H groups in total. The second kappa shape index (κ2) is 30.8. The molecule has 2 fully saturated rings. The number of hydrogen-bond acceptors (Lipinski definition) is 19. The summed E-state index contributed by atoms with van der Waals surface area (Å²) >= 11 is 0. The predicted molar refractivity (Wildman–Crippen MR) is 292 cm³/mol. The molecular formula is C52H72N14O16. The molecule has 4 aromatic rings. The van der Waals surface area contributed by atoms with Gasteiger partial charge >= 0.3 is 41.4 Å². The second-order valence-electron chi connectivity index (χ2n) is 19.8. The minimum Gasteiger partial charge on any atom is -0.480 e. The van der Waals surface area contributed by atoms with Gasteiger partial charge in [0, 0.05) is 107 Å². The Balaban J connectivity index is 1.19. The van der Waals surface area contributed by atoms with Crippen LogP contribution in [0.4, 0.5) is 0 Å². The van der Waals surface area contributed by atoms with E-state index >= 15 is 0 Å². The summed E-state index contributed by atoms with van der Waals surface area (Å²) in [6, 6.07) is 12.2. The number of H-pyrrole nitrogens is 2. The van der Waals surface area contributed by atoms with Gasteiger partial charge in [-0.15, -0.1) is 0 Å². The van der Waals surface area contributed by atoms with Crippen molar-refractivity contribution in [1.82, 2.24) is 72.1 Å². The number of fused-ring (bicyclic) bond motifs is 2. The molecule has 6 rings (SSSR count). The number of carboxylic acid groups (broad SMARTS) is 6. The molecule has 0 spiro atoms. The molecule has 4 heterocycles. The van der Waals surface area contributed by atoms with Crippen molar-refractivity contribution in [2.75, 3.05) is 118 Å². The molecule has 2 aromatic carbocycles. The van der Waals surface area contributed by atoms with Gasteiger partial charge in [-0.2, -0.15) is 0 Å². The van der Waals surface area contributed by atoms with E-state index in [1.165, 1.54) is 4.90 Å². The van der Waals surface area contributed by atoms with E-state index in [4.69, 9.17) is 0 Å². The first-order valence-electron chi connectivity index (χ1n) is 26.8. The van der Waals surface area contributed by atoms with Crippen molar-refractivity contribution in [1.29, 1.82) is 0 Å². The van der Waals surface area contributed by atoms with Gasteiger partial charge in [-0.3, -0.25) is 60.0 Å². The van der Waals surface area contributed by atoms with Crippen LogP contribution in [0, 0.1) is 0 Å². The summed E-state index contributed by atoms with van der Waals surface area (Å²) in [5.74, 6) is -12.5. The molecule has 0 radical (unpaired) electrons. The monoisotopic (exact) mass is 1150 g/mol. The number of benzene rings is 2. The van der Waals surface area contributed by atoms with Crippen molar-refractivity contribution in [2.24, 2.45) is 0 Å². The third kappa shape index (κ3) is 16.6. The van der Waals surface area contributed by atoms with E-state index in [0.717, 1.165) is 4.90 Å². The molecule has 0 aliphatic carbocycles. The van der Waals surface area contributed by atoms with E-state index in [9.17, 15) is 78.6 Å². The molecular weight excluding hydrogens is 1080 g/mol. The Morgan fingerprint density at radius 2 is 1.01 bits per heavy atom. The number of nitrogens with zero attached hydrogens (tertiary/aromatic N) is 5. The Morgan fingerprint density at radius 1 is 0.524 bits per heavy atom. The first kappa shape index (κ1) is 63.2. The molecule has 82 heavy (non-hydrogen) atoms. The molecule has 0 saturated carbocycles. The van der Waals surface area contributed by atoms with Crippen molar-refractivity contribution >= 4 is 81.6 Å².